The number of hydrogen-bond donors (Lipinski definition) is 0. The fourth-order valence-corrected chi connectivity index (χ4v) is 2.20. The molecule has 0 saturated heterocycles. The normalized spacial score (nSPS) is 23.2. The van der Waals surface area contributed by atoms with Gasteiger partial charge in [0, 0.05) is 5.41 Å². The molecule has 0 bridgehead atoms. The zero-order valence-electron chi connectivity index (χ0n) is 9.07. The first-order valence-electron chi connectivity index (χ1n) is 4.54. The van der Waals surface area contributed by atoms with Gasteiger partial charge in [-0.05, 0) is 6.42 Å². The van der Waals surface area contributed by atoms with Crippen molar-refractivity contribution in [1.29, 1.82) is 0 Å². The molecule has 0 aromatic heterocycles. The molecule has 0 radical (unpaired) electrons. The molecule has 0 saturated carbocycles. The Bertz CT molecular complexity index is 383. The van der Waals surface area contributed by atoms with Gasteiger partial charge in [0.25, 0.3) is 0 Å². The molecule has 0 fully saturated rings. The molecule has 0 aliphatic heterocycles. The maximum Gasteiger partial charge on any atom is 0.335 e. The summed E-state index contributed by atoms with van der Waals surface area (Å²) in [6.45, 7) is 3.38. The van der Waals surface area contributed by atoms with Crippen molar-refractivity contribution in [3.63, 3.8) is 0 Å². The van der Waals surface area contributed by atoms with Gasteiger partial charge in [0.2, 0.25) is 5.78 Å². The van der Waals surface area contributed by atoms with Crippen molar-refractivity contribution < 1.29 is 14.3 Å². The topological polar surface area (TPSA) is 43.4 Å². The molecule has 0 heterocycles. The summed E-state index contributed by atoms with van der Waals surface area (Å²) in [5.41, 5.74) is -0.661. The molecule has 1 rings (SSSR count). The number of esters is 1. The Morgan fingerprint density at radius 2 is 1.88 bits per heavy atom. The van der Waals surface area contributed by atoms with Gasteiger partial charge in [-0.2, -0.15) is 0 Å². The maximum absolute atomic E-state index is 11.8. The smallest absolute Gasteiger partial charge is 0.335 e. The number of alkyl halides is 2. The number of hydrogen-bond acceptors (Lipinski definition) is 3. The molecule has 1 aliphatic carbocycles. The summed E-state index contributed by atoms with van der Waals surface area (Å²) in [6.07, 6.45) is 0.192. The van der Waals surface area contributed by atoms with Gasteiger partial charge >= 0.3 is 5.97 Å². The van der Waals surface area contributed by atoms with E-state index in [0.717, 1.165) is 0 Å². The zero-order chi connectivity index (χ0) is 12.7. The van der Waals surface area contributed by atoms with E-state index in [-0.39, 0.29) is 17.0 Å². The highest BCUT2D eigenvalue weighted by Gasteiger charge is 2.54. The quantitative estimate of drug-likeness (QED) is 0.549. The summed E-state index contributed by atoms with van der Waals surface area (Å²) in [5, 5.41) is -0.240. The van der Waals surface area contributed by atoms with Crippen LogP contribution in [0.2, 0.25) is 0 Å². The Hall–Kier alpha value is -0.250. The summed E-state index contributed by atoms with van der Waals surface area (Å²) in [4.78, 5) is 23.3. The highest BCUT2D eigenvalue weighted by molar-refractivity contribution is 6.65. The highest BCUT2D eigenvalue weighted by atomic mass is 35.5. The van der Waals surface area contributed by atoms with Gasteiger partial charge < -0.3 is 4.74 Å². The van der Waals surface area contributed by atoms with Gasteiger partial charge in [0.1, 0.15) is 0 Å². The van der Waals surface area contributed by atoms with E-state index in [4.69, 9.17) is 34.8 Å². The number of carbonyl (C=O) groups excluding carboxylic acids is 2. The SMILES string of the molecule is COC(=O)C1=C(Cl)C(=O)C(Cl)(Cl)C(C)(C)C1. The minimum atomic E-state index is -1.62. The van der Waals surface area contributed by atoms with Crippen LogP contribution in [0.1, 0.15) is 20.3 Å². The van der Waals surface area contributed by atoms with Crippen LogP contribution in [0.15, 0.2) is 10.6 Å². The fourth-order valence-electron chi connectivity index (χ4n) is 1.50. The third kappa shape index (κ3) is 1.96. The molecule has 0 amide bonds. The zero-order valence-corrected chi connectivity index (χ0v) is 11.3. The maximum atomic E-state index is 11.8. The van der Waals surface area contributed by atoms with E-state index in [0.29, 0.717) is 0 Å². The third-order valence-corrected chi connectivity index (χ3v) is 4.42. The Labute approximate surface area is 109 Å². The van der Waals surface area contributed by atoms with Crippen molar-refractivity contribution in [2.75, 3.05) is 7.11 Å². The van der Waals surface area contributed by atoms with Crippen molar-refractivity contribution in [3.8, 4) is 0 Å². The van der Waals surface area contributed by atoms with Crippen molar-refractivity contribution in [2.24, 2.45) is 5.41 Å². The molecule has 6 heteroatoms. The lowest BCUT2D eigenvalue weighted by atomic mass is 9.75. The van der Waals surface area contributed by atoms with Gasteiger partial charge in [-0.1, -0.05) is 48.7 Å². The number of Topliss-reactive ketones (excluding diaryl/α,β-unsaturated/α-hetero) is 1. The highest BCUT2D eigenvalue weighted by Crippen LogP contribution is 2.51. The van der Waals surface area contributed by atoms with Crippen molar-refractivity contribution in [1.82, 2.24) is 0 Å². The minimum Gasteiger partial charge on any atom is -0.466 e. The molecule has 0 N–H and O–H groups in total. The molecule has 3 nitrogen and oxygen atoms in total. The molecular weight excluding hydrogens is 274 g/mol. The third-order valence-electron chi connectivity index (χ3n) is 2.65. The van der Waals surface area contributed by atoms with Crippen molar-refractivity contribution >= 4 is 46.6 Å². The molecule has 16 heavy (non-hydrogen) atoms. The summed E-state index contributed by atoms with van der Waals surface area (Å²) in [6, 6.07) is 0. The number of allylic oxidation sites excluding steroid dienone is 1. The Morgan fingerprint density at radius 3 is 2.31 bits per heavy atom. The van der Waals surface area contributed by atoms with Crippen LogP contribution in [0.4, 0.5) is 0 Å². The number of rotatable bonds is 1. The number of carbonyl (C=O) groups is 2. The second kappa shape index (κ2) is 4.21. The van der Waals surface area contributed by atoms with E-state index in [9.17, 15) is 9.59 Å². The molecule has 1 aliphatic rings. The Balaban J connectivity index is 3.30. The lowest BCUT2D eigenvalue weighted by Crippen LogP contribution is -2.46. The van der Waals surface area contributed by atoms with Crippen LogP contribution < -0.4 is 0 Å². The predicted molar refractivity (Wildman–Crippen MR) is 62.7 cm³/mol. The molecule has 0 aromatic carbocycles. The Kier molecular flexibility index (Phi) is 3.63. The summed E-state index contributed by atoms with van der Waals surface area (Å²) in [7, 11) is 1.22. The van der Waals surface area contributed by atoms with Crippen LogP contribution in [0.25, 0.3) is 0 Å². The van der Waals surface area contributed by atoms with Gasteiger partial charge in [0.05, 0.1) is 17.7 Å². The minimum absolute atomic E-state index is 0.121. The number of ketones is 1. The second-order valence-electron chi connectivity index (χ2n) is 4.25. The van der Waals surface area contributed by atoms with Crippen LogP contribution >= 0.6 is 34.8 Å². The number of ether oxygens (including phenoxy) is 1. The van der Waals surface area contributed by atoms with Crippen LogP contribution in [0.5, 0.6) is 0 Å². The van der Waals surface area contributed by atoms with Gasteiger partial charge in [-0.25, -0.2) is 4.79 Å². The Morgan fingerprint density at radius 1 is 1.38 bits per heavy atom. The molecule has 0 atom stereocenters. The molecule has 0 unspecified atom stereocenters. The predicted octanol–water partition coefficient (Wildman–Crippen LogP) is 2.83. The van der Waals surface area contributed by atoms with Crippen molar-refractivity contribution in [2.45, 2.75) is 24.6 Å². The van der Waals surface area contributed by atoms with Gasteiger partial charge in [0.15, 0.2) is 4.33 Å². The standard InChI is InChI=1S/C10H11Cl3O3/c1-9(2)4-5(8(15)16-3)6(11)7(14)10(9,12)13/h4H2,1-3H3. The van der Waals surface area contributed by atoms with Gasteiger partial charge in [-0.3, -0.25) is 4.79 Å². The second-order valence-corrected chi connectivity index (χ2v) is 5.95. The largest absolute Gasteiger partial charge is 0.466 e. The van der Waals surface area contributed by atoms with E-state index < -0.39 is 21.5 Å². The average molecular weight is 286 g/mol. The van der Waals surface area contributed by atoms with Crippen LogP contribution in [0, 0.1) is 5.41 Å². The molecule has 0 spiro atoms. The first-order valence-corrected chi connectivity index (χ1v) is 5.68. The molecule has 90 valence electrons. The van der Waals surface area contributed by atoms with E-state index >= 15 is 0 Å². The van der Waals surface area contributed by atoms with Gasteiger partial charge in [-0.15, -0.1) is 0 Å². The summed E-state index contributed by atoms with van der Waals surface area (Å²) >= 11 is 17.7. The van der Waals surface area contributed by atoms with E-state index in [1.807, 2.05) is 0 Å². The van der Waals surface area contributed by atoms with Crippen molar-refractivity contribution in [3.05, 3.63) is 10.6 Å². The first-order chi connectivity index (χ1) is 7.15. The average Bonchev–Trinajstić information content (AvgIpc) is 2.20. The lowest BCUT2D eigenvalue weighted by molar-refractivity contribution is -0.137. The molecular formula is C10H11Cl3O3. The van der Waals surface area contributed by atoms with Crippen LogP contribution in [-0.2, 0) is 14.3 Å². The fraction of sp³-hybridized carbons (Fsp3) is 0.600. The van der Waals surface area contributed by atoms with E-state index in [1.165, 1.54) is 7.11 Å². The van der Waals surface area contributed by atoms with Crippen LogP contribution in [0.3, 0.4) is 0 Å². The molecule has 0 aromatic rings. The summed E-state index contributed by atoms with van der Waals surface area (Å²) in [5.74, 6) is -1.29. The lowest BCUT2D eigenvalue weighted by Gasteiger charge is -2.39. The monoisotopic (exact) mass is 284 g/mol. The van der Waals surface area contributed by atoms with E-state index in [2.05, 4.69) is 4.74 Å². The number of methoxy groups -OCH3 is 1. The summed E-state index contributed by atoms with van der Waals surface area (Å²) < 4.78 is 2.93. The van der Waals surface area contributed by atoms with E-state index in [1.54, 1.807) is 13.8 Å². The van der Waals surface area contributed by atoms with Crippen LogP contribution in [-0.4, -0.2) is 23.2 Å². The first kappa shape index (κ1) is 13.8. The number of halogens is 3.